The molecule has 2 atom stereocenters. The van der Waals surface area contributed by atoms with Gasteiger partial charge in [-0.2, -0.15) is 11.8 Å². The van der Waals surface area contributed by atoms with E-state index >= 15 is 0 Å². The lowest BCUT2D eigenvalue weighted by atomic mass is 10.2. The van der Waals surface area contributed by atoms with E-state index in [0.717, 1.165) is 18.0 Å². The Morgan fingerprint density at radius 2 is 2.11 bits per heavy atom. The number of para-hydroxylation sites is 1. The van der Waals surface area contributed by atoms with Crippen molar-refractivity contribution >= 4 is 23.5 Å². The van der Waals surface area contributed by atoms with Crippen LogP contribution in [-0.2, 0) is 0 Å². The van der Waals surface area contributed by atoms with Gasteiger partial charge in [-0.3, -0.25) is 0 Å². The van der Waals surface area contributed by atoms with Gasteiger partial charge in [-0.1, -0.05) is 24.6 Å². The summed E-state index contributed by atoms with van der Waals surface area (Å²) in [6.07, 6.45) is 3.70. The number of nitrogens with zero attached hydrogens (tertiary/aromatic N) is 1. The molecule has 1 heterocycles. The topological polar surface area (TPSA) is 32.3 Å². The minimum absolute atomic E-state index is 0.0680. The van der Waals surface area contributed by atoms with Crippen LogP contribution in [0.2, 0.25) is 0 Å². The highest BCUT2D eigenvalue weighted by molar-refractivity contribution is 8.00. The first-order valence-electron chi connectivity index (χ1n) is 6.59. The molecule has 3 rings (SSSR count). The van der Waals surface area contributed by atoms with E-state index in [1.54, 1.807) is 0 Å². The Kier molecular flexibility index (Phi) is 3.46. The van der Waals surface area contributed by atoms with Crippen LogP contribution < -0.4 is 5.32 Å². The predicted octanol–water partition coefficient (Wildman–Crippen LogP) is 3.19. The SMILES string of the molecule is O=C(Nc1ccccc1)N1CCSC2CCCC21. The third-order valence-corrected chi connectivity index (χ3v) is 5.16. The summed E-state index contributed by atoms with van der Waals surface area (Å²) < 4.78 is 0. The first-order valence-corrected chi connectivity index (χ1v) is 7.64. The van der Waals surface area contributed by atoms with Crippen molar-refractivity contribution in [3.63, 3.8) is 0 Å². The molecule has 1 saturated carbocycles. The number of anilines is 1. The molecule has 2 unspecified atom stereocenters. The molecule has 18 heavy (non-hydrogen) atoms. The fraction of sp³-hybridized carbons (Fsp3) is 0.500. The maximum absolute atomic E-state index is 12.3. The molecule has 0 spiro atoms. The number of hydrogen-bond acceptors (Lipinski definition) is 2. The maximum Gasteiger partial charge on any atom is 0.322 e. The van der Waals surface area contributed by atoms with E-state index in [0.29, 0.717) is 11.3 Å². The smallest absolute Gasteiger partial charge is 0.320 e. The second kappa shape index (κ2) is 5.22. The van der Waals surface area contributed by atoms with Crippen molar-refractivity contribution < 1.29 is 4.79 Å². The van der Waals surface area contributed by atoms with Crippen molar-refractivity contribution in [1.29, 1.82) is 0 Å². The summed E-state index contributed by atoms with van der Waals surface area (Å²) in [6, 6.07) is 10.2. The minimum Gasteiger partial charge on any atom is -0.320 e. The number of carbonyl (C=O) groups excluding carboxylic acids is 1. The Balaban J connectivity index is 1.68. The van der Waals surface area contributed by atoms with E-state index in [1.807, 2.05) is 47.0 Å². The molecule has 0 bridgehead atoms. The summed E-state index contributed by atoms with van der Waals surface area (Å²) in [7, 11) is 0. The van der Waals surface area contributed by atoms with Gasteiger partial charge in [-0.05, 0) is 25.0 Å². The molecule has 2 aliphatic rings. The molecular formula is C14H18N2OS. The van der Waals surface area contributed by atoms with Crippen molar-refractivity contribution in [2.45, 2.75) is 30.6 Å². The number of nitrogens with one attached hydrogen (secondary N) is 1. The standard InChI is InChI=1S/C14H18N2OS/c17-14(15-11-5-2-1-3-6-11)16-9-10-18-13-8-4-7-12(13)16/h1-3,5-6,12-13H,4,7-10H2,(H,15,17). The van der Waals surface area contributed by atoms with Gasteiger partial charge in [0.2, 0.25) is 0 Å². The zero-order valence-corrected chi connectivity index (χ0v) is 11.2. The van der Waals surface area contributed by atoms with Crippen molar-refractivity contribution in [1.82, 2.24) is 4.90 Å². The van der Waals surface area contributed by atoms with Gasteiger partial charge in [-0.25, -0.2) is 4.79 Å². The highest BCUT2D eigenvalue weighted by Crippen LogP contribution is 2.37. The molecule has 1 saturated heterocycles. The second-order valence-electron chi connectivity index (χ2n) is 4.90. The number of urea groups is 1. The third kappa shape index (κ3) is 2.34. The van der Waals surface area contributed by atoms with Gasteiger partial charge >= 0.3 is 6.03 Å². The molecule has 1 N–H and O–H groups in total. The number of fused-ring (bicyclic) bond motifs is 1. The van der Waals surface area contributed by atoms with Gasteiger partial charge in [0.15, 0.2) is 0 Å². The van der Waals surface area contributed by atoms with Crippen LogP contribution in [0.25, 0.3) is 0 Å². The van der Waals surface area contributed by atoms with Crippen LogP contribution in [0.1, 0.15) is 19.3 Å². The lowest BCUT2D eigenvalue weighted by Crippen LogP contribution is -2.49. The lowest BCUT2D eigenvalue weighted by molar-refractivity contribution is 0.192. The summed E-state index contributed by atoms with van der Waals surface area (Å²) in [5.41, 5.74) is 0.885. The second-order valence-corrected chi connectivity index (χ2v) is 6.24. The number of thioether (sulfide) groups is 1. The molecule has 1 aliphatic carbocycles. The Morgan fingerprint density at radius 3 is 2.94 bits per heavy atom. The van der Waals surface area contributed by atoms with E-state index in [4.69, 9.17) is 0 Å². The van der Waals surface area contributed by atoms with Crippen molar-refractivity contribution in [3.05, 3.63) is 30.3 Å². The predicted molar refractivity (Wildman–Crippen MR) is 76.1 cm³/mol. The zero-order valence-electron chi connectivity index (χ0n) is 10.3. The van der Waals surface area contributed by atoms with Crippen molar-refractivity contribution in [2.24, 2.45) is 0 Å². The first kappa shape index (κ1) is 11.9. The maximum atomic E-state index is 12.3. The lowest BCUT2D eigenvalue weighted by Gasteiger charge is -2.37. The van der Waals surface area contributed by atoms with Gasteiger partial charge < -0.3 is 10.2 Å². The highest BCUT2D eigenvalue weighted by Gasteiger charge is 2.37. The molecule has 0 aromatic heterocycles. The quantitative estimate of drug-likeness (QED) is 0.843. The number of rotatable bonds is 1. The molecule has 1 aliphatic heterocycles. The average Bonchev–Trinajstić information content (AvgIpc) is 2.87. The van der Waals surface area contributed by atoms with Crippen LogP contribution in [0.15, 0.2) is 30.3 Å². The summed E-state index contributed by atoms with van der Waals surface area (Å²) in [5, 5.41) is 3.67. The Bertz CT molecular complexity index is 423. The number of amides is 2. The van der Waals surface area contributed by atoms with E-state index in [2.05, 4.69) is 5.32 Å². The monoisotopic (exact) mass is 262 g/mol. The fourth-order valence-corrected chi connectivity index (χ4v) is 4.34. The van der Waals surface area contributed by atoms with Crippen LogP contribution in [0.4, 0.5) is 10.5 Å². The molecule has 96 valence electrons. The molecule has 0 radical (unpaired) electrons. The van der Waals surface area contributed by atoms with Crippen LogP contribution in [-0.4, -0.2) is 34.5 Å². The Hall–Kier alpha value is -1.16. The molecule has 2 fully saturated rings. The van der Waals surface area contributed by atoms with Gasteiger partial charge in [0.05, 0.1) is 0 Å². The summed E-state index contributed by atoms with van der Waals surface area (Å²) in [5.74, 6) is 1.07. The van der Waals surface area contributed by atoms with Crippen LogP contribution in [0, 0.1) is 0 Å². The molecule has 4 heteroatoms. The summed E-state index contributed by atoms with van der Waals surface area (Å²) in [6.45, 7) is 0.879. The van der Waals surface area contributed by atoms with E-state index in [1.165, 1.54) is 19.3 Å². The van der Waals surface area contributed by atoms with Crippen LogP contribution in [0.3, 0.4) is 0 Å². The first-order chi connectivity index (χ1) is 8.84. The van der Waals surface area contributed by atoms with Gasteiger partial charge in [-0.15, -0.1) is 0 Å². The molecule has 1 aromatic carbocycles. The largest absolute Gasteiger partial charge is 0.322 e. The highest BCUT2D eigenvalue weighted by atomic mass is 32.2. The Morgan fingerprint density at radius 1 is 1.28 bits per heavy atom. The fourth-order valence-electron chi connectivity index (χ4n) is 2.89. The minimum atomic E-state index is 0.0680. The van der Waals surface area contributed by atoms with Crippen LogP contribution in [0.5, 0.6) is 0 Å². The average molecular weight is 262 g/mol. The summed E-state index contributed by atoms with van der Waals surface area (Å²) in [4.78, 5) is 14.4. The molecular weight excluding hydrogens is 244 g/mol. The number of carbonyl (C=O) groups is 1. The summed E-state index contributed by atoms with van der Waals surface area (Å²) >= 11 is 2.04. The van der Waals surface area contributed by atoms with Gasteiger partial charge in [0, 0.05) is 29.3 Å². The molecule has 1 aromatic rings. The van der Waals surface area contributed by atoms with Crippen molar-refractivity contribution in [3.8, 4) is 0 Å². The van der Waals surface area contributed by atoms with E-state index < -0.39 is 0 Å². The van der Waals surface area contributed by atoms with Gasteiger partial charge in [0.25, 0.3) is 0 Å². The molecule has 2 amide bonds. The number of benzene rings is 1. The number of hydrogen-bond donors (Lipinski definition) is 1. The van der Waals surface area contributed by atoms with Crippen LogP contribution >= 0.6 is 11.8 Å². The van der Waals surface area contributed by atoms with Crippen molar-refractivity contribution in [2.75, 3.05) is 17.6 Å². The Labute approximate surface area is 112 Å². The molecule has 3 nitrogen and oxygen atoms in total. The van der Waals surface area contributed by atoms with E-state index in [9.17, 15) is 4.79 Å². The van der Waals surface area contributed by atoms with Gasteiger partial charge in [0.1, 0.15) is 0 Å². The zero-order chi connectivity index (χ0) is 12.4. The van der Waals surface area contributed by atoms with E-state index in [-0.39, 0.29) is 6.03 Å². The third-order valence-electron chi connectivity index (χ3n) is 3.77. The normalized spacial score (nSPS) is 26.8.